The van der Waals surface area contributed by atoms with Crippen LogP contribution in [0.25, 0.3) is 0 Å². The van der Waals surface area contributed by atoms with E-state index in [1.165, 1.54) is 12.1 Å². The van der Waals surface area contributed by atoms with E-state index in [4.69, 9.17) is 16.3 Å². The Balaban J connectivity index is 1.76. The summed E-state index contributed by atoms with van der Waals surface area (Å²) in [5.74, 6) is 0.234. The summed E-state index contributed by atoms with van der Waals surface area (Å²) in [5, 5.41) is 4.21. The number of benzene rings is 1. The van der Waals surface area contributed by atoms with Crippen LogP contribution in [0, 0.1) is 5.82 Å². The van der Waals surface area contributed by atoms with Crippen molar-refractivity contribution in [2.75, 3.05) is 7.11 Å². The lowest BCUT2D eigenvalue weighted by atomic mass is 10.1. The van der Waals surface area contributed by atoms with Gasteiger partial charge in [0.25, 0.3) is 0 Å². The molecule has 1 aliphatic heterocycles. The molecule has 0 saturated carbocycles. The normalized spacial score (nSPS) is 17.5. The standard InChI is InChI=1S/C15H18ClFN4O3S/c1-24-8-14-18-15-13(3-2-6-21(15)19-14)20-25(22,23)9-10-4-5-12(17)11(16)7-10/h4-5,7,13,20H,2-3,6,8-9H2,1H3/t13-/m0/s1. The average molecular weight is 389 g/mol. The van der Waals surface area contributed by atoms with Crippen molar-refractivity contribution in [3.63, 3.8) is 0 Å². The first-order valence-electron chi connectivity index (χ1n) is 7.74. The number of hydrogen-bond acceptors (Lipinski definition) is 5. The molecule has 1 atom stereocenters. The number of methoxy groups -OCH3 is 1. The van der Waals surface area contributed by atoms with E-state index in [9.17, 15) is 12.8 Å². The van der Waals surface area contributed by atoms with Gasteiger partial charge in [0.2, 0.25) is 10.0 Å². The smallest absolute Gasteiger partial charge is 0.216 e. The van der Waals surface area contributed by atoms with Crippen molar-refractivity contribution in [1.29, 1.82) is 0 Å². The third-order valence-electron chi connectivity index (χ3n) is 3.85. The van der Waals surface area contributed by atoms with Crippen LogP contribution >= 0.6 is 11.6 Å². The van der Waals surface area contributed by atoms with Crippen LogP contribution in [0.4, 0.5) is 4.39 Å². The molecule has 0 radical (unpaired) electrons. The zero-order chi connectivity index (χ0) is 18.0. The maximum atomic E-state index is 13.2. The highest BCUT2D eigenvalue weighted by atomic mass is 35.5. The Morgan fingerprint density at radius 3 is 3.00 bits per heavy atom. The fourth-order valence-corrected chi connectivity index (χ4v) is 4.37. The van der Waals surface area contributed by atoms with Gasteiger partial charge < -0.3 is 4.74 Å². The van der Waals surface area contributed by atoms with E-state index < -0.39 is 21.9 Å². The Labute approximate surface area is 150 Å². The molecule has 10 heteroatoms. The molecule has 0 aliphatic carbocycles. The summed E-state index contributed by atoms with van der Waals surface area (Å²) in [6.07, 6.45) is 1.42. The number of aryl methyl sites for hydroxylation is 1. The third kappa shape index (κ3) is 4.35. The Morgan fingerprint density at radius 1 is 1.48 bits per heavy atom. The molecule has 0 bridgehead atoms. The summed E-state index contributed by atoms with van der Waals surface area (Å²) in [6, 6.07) is 3.42. The zero-order valence-electron chi connectivity index (χ0n) is 13.6. The Hall–Kier alpha value is -1.55. The molecule has 2 aromatic rings. The number of ether oxygens (including phenoxy) is 1. The van der Waals surface area contributed by atoms with Crippen LogP contribution in [0.2, 0.25) is 5.02 Å². The first-order chi connectivity index (χ1) is 11.9. The maximum absolute atomic E-state index is 13.2. The molecule has 7 nitrogen and oxygen atoms in total. The second-order valence-corrected chi connectivity index (χ2v) is 8.02. The van der Waals surface area contributed by atoms with Crippen molar-refractivity contribution in [2.45, 2.75) is 37.8 Å². The van der Waals surface area contributed by atoms with E-state index in [0.29, 0.717) is 30.2 Å². The predicted octanol–water partition coefficient (Wildman–Crippen LogP) is 2.17. The molecule has 1 N–H and O–H groups in total. The molecule has 25 heavy (non-hydrogen) atoms. The number of rotatable bonds is 6. The molecular formula is C15H18ClFN4O3S. The molecule has 1 aromatic carbocycles. The summed E-state index contributed by atoms with van der Waals surface area (Å²) in [6.45, 7) is 0.964. The van der Waals surface area contributed by atoms with Gasteiger partial charge in [-0.2, -0.15) is 5.10 Å². The van der Waals surface area contributed by atoms with Gasteiger partial charge in [0.1, 0.15) is 18.2 Å². The van der Waals surface area contributed by atoms with Crippen molar-refractivity contribution < 1.29 is 17.5 Å². The molecule has 0 saturated heterocycles. The third-order valence-corrected chi connectivity index (χ3v) is 5.50. The molecule has 136 valence electrons. The highest BCUT2D eigenvalue weighted by Crippen LogP contribution is 2.25. The first-order valence-corrected chi connectivity index (χ1v) is 9.77. The molecule has 0 fully saturated rings. The van der Waals surface area contributed by atoms with Crippen molar-refractivity contribution in [1.82, 2.24) is 19.5 Å². The lowest BCUT2D eigenvalue weighted by Crippen LogP contribution is -2.34. The monoisotopic (exact) mass is 388 g/mol. The van der Waals surface area contributed by atoms with Gasteiger partial charge in [0.05, 0.1) is 16.8 Å². The van der Waals surface area contributed by atoms with Gasteiger partial charge in [-0.05, 0) is 30.5 Å². The van der Waals surface area contributed by atoms with Gasteiger partial charge in [0.15, 0.2) is 5.82 Å². The SMILES string of the molecule is COCc1nc2n(n1)CCC[C@@H]2NS(=O)(=O)Cc1ccc(F)c(Cl)c1. The Bertz CT molecular complexity index is 872. The van der Waals surface area contributed by atoms with Crippen LogP contribution < -0.4 is 4.72 Å². The van der Waals surface area contributed by atoms with Crippen LogP contribution in [-0.2, 0) is 33.7 Å². The Morgan fingerprint density at radius 2 is 2.28 bits per heavy atom. The fourth-order valence-electron chi connectivity index (χ4n) is 2.81. The molecular weight excluding hydrogens is 371 g/mol. The number of fused-ring (bicyclic) bond motifs is 1. The molecule has 0 unspecified atom stereocenters. The van der Waals surface area contributed by atoms with Crippen LogP contribution in [0.1, 0.15) is 36.1 Å². The fraction of sp³-hybridized carbons (Fsp3) is 0.467. The van der Waals surface area contributed by atoms with Gasteiger partial charge in [0, 0.05) is 13.7 Å². The van der Waals surface area contributed by atoms with Crippen LogP contribution in [-0.4, -0.2) is 30.3 Å². The number of halogens is 2. The van der Waals surface area contributed by atoms with Crippen LogP contribution in [0.15, 0.2) is 18.2 Å². The number of sulfonamides is 1. The van der Waals surface area contributed by atoms with E-state index in [-0.39, 0.29) is 17.4 Å². The first kappa shape index (κ1) is 18.2. The van der Waals surface area contributed by atoms with E-state index >= 15 is 0 Å². The molecule has 0 spiro atoms. The minimum Gasteiger partial charge on any atom is -0.377 e. The topological polar surface area (TPSA) is 86.1 Å². The largest absolute Gasteiger partial charge is 0.377 e. The summed E-state index contributed by atoms with van der Waals surface area (Å²) in [5.41, 5.74) is 0.413. The van der Waals surface area contributed by atoms with E-state index in [0.717, 1.165) is 12.5 Å². The quantitative estimate of drug-likeness (QED) is 0.819. The summed E-state index contributed by atoms with van der Waals surface area (Å²) in [7, 11) is -2.10. The summed E-state index contributed by atoms with van der Waals surface area (Å²) in [4.78, 5) is 4.37. The minimum atomic E-state index is -3.65. The number of hydrogen-bond donors (Lipinski definition) is 1. The molecule has 2 heterocycles. The molecule has 1 aliphatic rings. The Kier molecular flexibility index (Phi) is 5.38. The second-order valence-electron chi connectivity index (χ2n) is 5.86. The van der Waals surface area contributed by atoms with Gasteiger partial charge in [-0.1, -0.05) is 17.7 Å². The highest BCUT2D eigenvalue weighted by molar-refractivity contribution is 7.88. The lowest BCUT2D eigenvalue weighted by molar-refractivity contribution is 0.177. The second kappa shape index (κ2) is 7.36. The van der Waals surface area contributed by atoms with Crippen molar-refractivity contribution in [2.24, 2.45) is 0 Å². The predicted molar refractivity (Wildman–Crippen MR) is 89.9 cm³/mol. The summed E-state index contributed by atoms with van der Waals surface area (Å²) >= 11 is 5.71. The lowest BCUT2D eigenvalue weighted by Gasteiger charge is -2.23. The van der Waals surface area contributed by atoms with E-state index in [1.54, 1.807) is 11.8 Å². The molecule has 3 rings (SSSR count). The molecule has 1 aromatic heterocycles. The number of aromatic nitrogens is 3. The number of nitrogens with zero attached hydrogens (tertiary/aromatic N) is 3. The van der Waals surface area contributed by atoms with Crippen molar-refractivity contribution >= 4 is 21.6 Å². The van der Waals surface area contributed by atoms with Gasteiger partial charge in [-0.15, -0.1) is 0 Å². The van der Waals surface area contributed by atoms with Crippen LogP contribution in [0.3, 0.4) is 0 Å². The average Bonchev–Trinajstić information content (AvgIpc) is 2.94. The van der Waals surface area contributed by atoms with Crippen LogP contribution in [0.5, 0.6) is 0 Å². The van der Waals surface area contributed by atoms with Gasteiger partial charge in [-0.25, -0.2) is 27.2 Å². The van der Waals surface area contributed by atoms with E-state index in [2.05, 4.69) is 14.8 Å². The molecule has 0 amide bonds. The minimum absolute atomic E-state index is 0.102. The highest BCUT2D eigenvalue weighted by Gasteiger charge is 2.28. The van der Waals surface area contributed by atoms with Gasteiger partial charge in [-0.3, -0.25) is 0 Å². The zero-order valence-corrected chi connectivity index (χ0v) is 15.1. The van der Waals surface area contributed by atoms with Crippen molar-refractivity contribution in [3.8, 4) is 0 Å². The van der Waals surface area contributed by atoms with Crippen molar-refractivity contribution in [3.05, 3.63) is 46.3 Å². The van der Waals surface area contributed by atoms with E-state index in [1.807, 2.05) is 0 Å². The maximum Gasteiger partial charge on any atom is 0.216 e. The summed E-state index contributed by atoms with van der Waals surface area (Å²) < 4.78 is 47.6. The number of nitrogens with one attached hydrogen (secondary N) is 1. The van der Waals surface area contributed by atoms with Gasteiger partial charge >= 0.3 is 0 Å².